The van der Waals surface area contributed by atoms with Gasteiger partial charge < -0.3 is 19.3 Å². The quantitative estimate of drug-likeness (QED) is 0.621. The Balaban J connectivity index is 1.82. The van der Waals surface area contributed by atoms with E-state index in [4.69, 9.17) is 14.2 Å². The van der Waals surface area contributed by atoms with E-state index in [-0.39, 0.29) is 23.0 Å². The van der Waals surface area contributed by atoms with Crippen LogP contribution < -0.4 is 14.4 Å². The maximum absolute atomic E-state index is 12.5. The highest BCUT2D eigenvalue weighted by Gasteiger charge is 2.23. The van der Waals surface area contributed by atoms with Crippen molar-refractivity contribution >= 4 is 23.6 Å². The molecule has 140 valence electrons. The van der Waals surface area contributed by atoms with Gasteiger partial charge in [-0.2, -0.15) is 0 Å². The lowest BCUT2D eigenvalue weighted by Crippen LogP contribution is -2.23. The number of amides is 1. The largest absolute Gasteiger partial charge is 0.502 e. The molecular formula is C20H19NO6. The molecule has 1 aliphatic rings. The summed E-state index contributed by atoms with van der Waals surface area (Å²) < 4.78 is 15.1. The zero-order valence-electron chi connectivity index (χ0n) is 15.0. The third kappa shape index (κ3) is 3.87. The van der Waals surface area contributed by atoms with Gasteiger partial charge in [0.25, 0.3) is 0 Å². The summed E-state index contributed by atoms with van der Waals surface area (Å²) in [6.45, 7) is 0.793. The van der Waals surface area contributed by atoms with Gasteiger partial charge in [-0.3, -0.25) is 9.69 Å². The first kappa shape index (κ1) is 18.3. The number of hydrogen-bond donors (Lipinski definition) is 1. The predicted octanol–water partition coefficient (Wildman–Crippen LogP) is 3.26. The molecule has 0 atom stereocenters. The standard InChI is InChI=1S/C20H19NO6/c1-25-17-10-13(11-18(26-2)19(17)23)6-7-16(22)14-4-3-5-15(12-14)21-8-9-27-20(21)24/h3-7,10-12,23H,8-9H2,1-2H3. The van der Waals surface area contributed by atoms with Crippen LogP contribution in [0.4, 0.5) is 10.5 Å². The Kier molecular flexibility index (Phi) is 5.30. The van der Waals surface area contributed by atoms with Gasteiger partial charge in [-0.15, -0.1) is 0 Å². The molecule has 7 heteroatoms. The summed E-state index contributed by atoms with van der Waals surface area (Å²) in [5, 5.41) is 9.94. The normalized spacial score (nSPS) is 13.7. The molecule has 1 fully saturated rings. The fourth-order valence-corrected chi connectivity index (χ4v) is 2.73. The van der Waals surface area contributed by atoms with Crippen molar-refractivity contribution in [3.8, 4) is 17.2 Å². The fourth-order valence-electron chi connectivity index (χ4n) is 2.73. The molecule has 7 nitrogen and oxygen atoms in total. The highest BCUT2D eigenvalue weighted by molar-refractivity contribution is 6.07. The van der Waals surface area contributed by atoms with E-state index >= 15 is 0 Å². The van der Waals surface area contributed by atoms with Gasteiger partial charge in [-0.05, 0) is 35.9 Å². The van der Waals surface area contributed by atoms with Crippen molar-refractivity contribution in [1.82, 2.24) is 0 Å². The first-order chi connectivity index (χ1) is 13.0. The number of carbonyl (C=O) groups excluding carboxylic acids is 2. The summed E-state index contributed by atoms with van der Waals surface area (Å²) in [6, 6.07) is 9.99. The molecule has 0 aliphatic carbocycles. The summed E-state index contributed by atoms with van der Waals surface area (Å²) in [4.78, 5) is 25.7. The van der Waals surface area contributed by atoms with Crippen LogP contribution in [0.15, 0.2) is 42.5 Å². The Bertz CT molecular complexity index is 880. The Labute approximate surface area is 156 Å². The van der Waals surface area contributed by atoms with Crippen molar-refractivity contribution in [2.45, 2.75) is 0 Å². The molecule has 0 spiro atoms. The van der Waals surface area contributed by atoms with E-state index in [1.807, 2.05) is 0 Å². The smallest absolute Gasteiger partial charge is 0.414 e. The topological polar surface area (TPSA) is 85.3 Å². The number of cyclic esters (lactones) is 1. The lowest BCUT2D eigenvalue weighted by molar-refractivity contribution is 0.104. The molecule has 3 rings (SSSR count). The van der Waals surface area contributed by atoms with Crippen molar-refractivity contribution < 1.29 is 28.9 Å². The van der Waals surface area contributed by atoms with Gasteiger partial charge in [0.15, 0.2) is 17.3 Å². The molecule has 27 heavy (non-hydrogen) atoms. The van der Waals surface area contributed by atoms with Crippen molar-refractivity contribution in [2.24, 2.45) is 0 Å². The number of ether oxygens (including phenoxy) is 3. The summed E-state index contributed by atoms with van der Waals surface area (Å²) in [5.74, 6) is 0.163. The summed E-state index contributed by atoms with van der Waals surface area (Å²) in [6.07, 6.45) is 2.59. The van der Waals surface area contributed by atoms with Gasteiger partial charge in [0.05, 0.1) is 20.8 Å². The van der Waals surface area contributed by atoms with E-state index in [2.05, 4.69) is 0 Å². The van der Waals surface area contributed by atoms with Gasteiger partial charge in [-0.1, -0.05) is 18.2 Å². The van der Waals surface area contributed by atoms with E-state index in [0.717, 1.165) is 0 Å². The molecule has 1 saturated heterocycles. The number of methoxy groups -OCH3 is 2. The lowest BCUT2D eigenvalue weighted by atomic mass is 10.1. The molecule has 0 saturated carbocycles. The van der Waals surface area contributed by atoms with E-state index in [9.17, 15) is 14.7 Å². The number of hydrogen-bond acceptors (Lipinski definition) is 6. The Morgan fingerprint density at radius 1 is 1.19 bits per heavy atom. The Morgan fingerprint density at radius 3 is 2.48 bits per heavy atom. The third-order valence-corrected chi connectivity index (χ3v) is 4.13. The average Bonchev–Trinajstić information content (AvgIpc) is 3.12. The van der Waals surface area contributed by atoms with Crippen LogP contribution in [0.2, 0.25) is 0 Å². The van der Waals surface area contributed by atoms with Gasteiger partial charge in [0, 0.05) is 11.3 Å². The van der Waals surface area contributed by atoms with E-state index in [0.29, 0.717) is 30.0 Å². The minimum Gasteiger partial charge on any atom is -0.502 e. The number of ketones is 1. The van der Waals surface area contributed by atoms with Crippen LogP contribution >= 0.6 is 0 Å². The van der Waals surface area contributed by atoms with Gasteiger partial charge in [-0.25, -0.2) is 4.79 Å². The van der Waals surface area contributed by atoms with Crippen LogP contribution in [0.25, 0.3) is 6.08 Å². The highest BCUT2D eigenvalue weighted by atomic mass is 16.6. The number of phenols is 1. The maximum atomic E-state index is 12.5. The first-order valence-electron chi connectivity index (χ1n) is 8.25. The molecule has 2 aromatic carbocycles. The second-order valence-electron chi connectivity index (χ2n) is 5.79. The number of aromatic hydroxyl groups is 1. The van der Waals surface area contributed by atoms with Gasteiger partial charge in [0.1, 0.15) is 6.61 Å². The molecule has 1 amide bonds. The van der Waals surface area contributed by atoms with Crippen LogP contribution in [0.1, 0.15) is 15.9 Å². The van der Waals surface area contributed by atoms with Crippen LogP contribution in [-0.4, -0.2) is 44.4 Å². The minimum atomic E-state index is -0.418. The predicted molar refractivity (Wildman–Crippen MR) is 99.7 cm³/mol. The van der Waals surface area contributed by atoms with Crippen LogP contribution in [0, 0.1) is 0 Å². The second-order valence-corrected chi connectivity index (χ2v) is 5.79. The SMILES string of the molecule is COc1cc(C=CC(=O)c2cccc(N3CCOC3=O)c2)cc(OC)c1O. The van der Waals surface area contributed by atoms with E-state index in [1.165, 1.54) is 25.2 Å². The maximum Gasteiger partial charge on any atom is 0.414 e. The molecule has 0 aromatic heterocycles. The summed E-state index contributed by atoms with van der Waals surface area (Å²) in [7, 11) is 2.87. The zero-order valence-corrected chi connectivity index (χ0v) is 15.0. The Hall–Kier alpha value is -3.48. The lowest BCUT2D eigenvalue weighted by Gasteiger charge is -2.13. The number of rotatable bonds is 6. The molecule has 1 heterocycles. The summed E-state index contributed by atoms with van der Waals surface area (Å²) >= 11 is 0. The van der Waals surface area contributed by atoms with Crippen LogP contribution in [0.5, 0.6) is 17.2 Å². The van der Waals surface area contributed by atoms with Crippen molar-refractivity contribution in [3.63, 3.8) is 0 Å². The van der Waals surface area contributed by atoms with Crippen LogP contribution in [-0.2, 0) is 4.74 Å². The number of allylic oxidation sites excluding steroid dienone is 1. The third-order valence-electron chi connectivity index (χ3n) is 4.13. The molecule has 1 aliphatic heterocycles. The van der Waals surface area contributed by atoms with Gasteiger partial charge >= 0.3 is 6.09 Å². The fraction of sp³-hybridized carbons (Fsp3) is 0.200. The molecule has 0 bridgehead atoms. The number of anilines is 1. The van der Waals surface area contributed by atoms with Crippen molar-refractivity contribution in [1.29, 1.82) is 0 Å². The number of phenolic OH excluding ortho intramolecular Hbond substituents is 1. The number of nitrogens with zero attached hydrogens (tertiary/aromatic N) is 1. The number of benzene rings is 2. The van der Waals surface area contributed by atoms with E-state index in [1.54, 1.807) is 42.5 Å². The summed E-state index contributed by atoms with van der Waals surface area (Å²) in [5.41, 5.74) is 1.69. The highest BCUT2D eigenvalue weighted by Crippen LogP contribution is 2.37. The molecule has 1 N–H and O–H groups in total. The Morgan fingerprint density at radius 2 is 1.89 bits per heavy atom. The van der Waals surface area contributed by atoms with Crippen LogP contribution in [0.3, 0.4) is 0 Å². The first-order valence-corrected chi connectivity index (χ1v) is 8.25. The monoisotopic (exact) mass is 369 g/mol. The zero-order chi connectivity index (χ0) is 19.4. The van der Waals surface area contributed by atoms with E-state index < -0.39 is 6.09 Å². The van der Waals surface area contributed by atoms with Crippen molar-refractivity contribution in [3.05, 3.63) is 53.6 Å². The molecule has 2 aromatic rings. The van der Waals surface area contributed by atoms with Crippen molar-refractivity contribution in [2.75, 3.05) is 32.3 Å². The molecule has 0 unspecified atom stereocenters. The molecule has 0 radical (unpaired) electrons. The van der Waals surface area contributed by atoms with Gasteiger partial charge in [0.2, 0.25) is 5.75 Å². The number of carbonyl (C=O) groups is 2. The second kappa shape index (κ2) is 7.82. The average molecular weight is 369 g/mol. The molecular weight excluding hydrogens is 350 g/mol. The minimum absolute atomic E-state index is 0.103.